The number of sulfone groups is 1. The van der Waals surface area contributed by atoms with Crippen LogP contribution in [0.5, 0.6) is 0 Å². The van der Waals surface area contributed by atoms with Gasteiger partial charge in [-0.25, -0.2) is 8.42 Å². The predicted octanol–water partition coefficient (Wildman–Crippen LogP) is 1.82. The lowest BCUT2D eigenvalue weighted by Crippen LogP contribution is -2.55. The monoisotopic (exact) mass is 393 g/mol. The van der Waals surface area contributed by atoms with Gasteiger partial charge in [-0.1, -0.05) is 18.6 Å². The summed E-state index contributed by atoms with van der Waals surface area (Å²) in [5.41, 5.74) is 1.89. The lowest BCUT2D eigenvalue weighted by Gasteiger charge is -2.34. The minimum atomic E-state index is -3.49. The van der Waals surface area contributed by atoms with E-state index in [0.717, 1.165) is 13.0 Å². The molecule has 1 aromatic carbocycles. The molecule has 0 aliphatic carbocycles. The first-order valence-electron chi connectivity index (χ1n) is 9.94. The van der Waals surface area contributed by atoms with Crippen molar-refractivity contribution in [1.29, 1.82) is 0 Å². The summed E-state index contributed by atoms with van der Waals surface area (Å²) in [5.74, 6) is -0.410. The second kappa shape index (κ2) is 8.71. The summed E-state index contributed by atoms with van der Waals surface area (Å²) in [7, 11) is -3.49. The van der Waals surface area contributed by atoms with Crippen molar-refractivity contribution in [1.82, 2.24) is 10.2 Å². The predicted molar refractivity (Wildman–Crippen MR) is 109 cm³/mol. The lowest BCUT2D eigenvalue weighted by atomic mass is 9.95. The number of hydrogen-bond donors (Lipinski definition) is 2. The molecule has 6 nitrogen and oxygen atoms in total. The van der Waals surface area contributed by atoms with Crippen LogP contribution in [0.4, 0.5) is 5.69 Å². The molecule has 1 aromatic rings. The molecule has 0 aromatic heterocycles. The molecule has 150 valence electrons. The fraction of sp³-hybridized carbons (Fsp3) is 0.650. The summed E-state index contributed by atoms with van der Waals surface area (Å²) in [4.78, 5) is 15.3. The van der Waals surface area contributed by atoms with E-state index in [1.807, 2.05) is 24.3 Å². The van der Waals surface area contributed by atoms with Crippen molar-refractivity contribution >= 4 is 21.4 Å². The van der Waals surface area contributed by atoms with E-state index in [1.165, 1.54) is 44.2 Å². The van der Waals surface area contributed by atoms with Crippen LogP contribution in [0.3, 0.4) is 0 Å². The summed E-state index contributed by atoms with van der Waals surface area (Å²) in [5, 5.41) is 5.97. The normalized spacial score (nSPS) is 20.9. The van der Waals surface area contributed by atoms with Gasteiger partial charge >= 0.3 is 0 Å². The second-order valence-electron chi connectivity index (χ2n) is 7.82. The number of nitrogens with zero attached hydrogens (tertiary/aromatic N) is 1. The van der Waals surface area contributed by atoms with Gasteiger partial charge in [0.2, 0.25) is 5.91 Å². The van der Waals surface area contributed by atoms with Gasteiger partial charge in [0.05, 0.1) is 0 Å². The Hall–Kier alpha value is -1.44. The first-order valence-corrected chi connectivity index (χ1v) is 11.8. The Morgan fingerprint density at radius 3 is 2.33 bits per heavy atom. The smallest absolute Gasteiger partial charge is 0.245 e. The van der Waals surface area contributed by atoms with Gasteiger partial charge in [-0.2, -0.15) is 0 Å². The molecule has 0 atom stereocenters. The van der Waals surface area contributed by atoms with Crippen LogP contribution in [0.1, 0.15) is 37.7 Å². The Bertz CT molecular complexity index is 734. The maximum absolute atomic E-state index is 12.8. The van der Waals surface area contributed by atoms with E-state index in [0.29, 0.717) is 31.6 Å². The highest BCUT2D eigenvalue weighted by atomic mass is 32.2. The van der Waals surface area contributed by atoms with Gasteiger partial charge < -0.3 is 15.5 Å². The van der Waals surface area contributed by atoms with Gasteiger partial charge in [0, 0.05) is 18.5 Å². The van der Waals surface area contributed by atoms with Crippen LogP contribution in [0, 0.1) is 0 Å². The third kappa shape index (κ3) is 4.89. The standard InChI is InChI=1S/C20H31N3O3S/c1-27(25,26)20(10-12-21-13-11-20)19(24)22-18-7-5-17(6-8-18)9-16-23-14-3-2-4-15-23/h5-8,21H,2-4,9-16H2,1H3,(H,22,24). The molecule has 3 rings (SSSR count). The number of carbonyl (C=O) groups excluding carboxylic acids is 1. The summed E-state index contributed by atoms with van der Waals surface area (Å²) >= 11 is 0. The van der Waals surface area contributed by atoms with Crippen LogP contribution in [0.25, 0.3) is 0 Å². The molecule has 2 fully saturated rings. The van der Waals surface area contributed by atoms with Gasteiger partial charge in [-0.05, 0) is 76.0 Å². The van der Waals surface area contributed by atoms with E-state index in [1.54, 1.807) is 0 Å². The number of nitrogens with one attached hydrogen (secondary N) is 2. The molecular weight excluding hydrogens is 362 g/mol. The third-order valence-electron chi connectivity index (χ3n) is 5.91. The first-order chi connectivity index (χ1) is 12.9. The molecule has 0 bridgehead atoms. The van der Waals surface area contributed by atoms with E-state index in [2.05, 4.69) is 15.5 Å². The van der Waals surface area contributed by atoms with Crippen LogP contribution in [0.2, 0.25) is 0 Å². The summed E-state index contributed by atoms with van der Waals surface area (Å²) in [6.07, 6.45) is 6.72. The molecule has 0 radical (unpaired) electrons. The van der Waals surface area contributed by atoms with Crippen molar-refractivity contribution in [2.45, 2.75) is 43.3 Å². The van der Waals surface area contributed by atoms with Crippen LogP contribution < -0.4 is 10.6 Å². The fourth-order valence-corrected chi connectivity index (χ4v) is 5.40. The van der Waals surface area contributed by atoms with E-state index in [9.17, 15) is 13.2 Å². The van der Waals surface area contributed by atoms with E-state index in [4.69, 9.17) is 0 Å². The largest absolute Gasteiger partial charge is 0.325 e. The highest BCUT2D eigenvalue weighted by Gasteiger charge is 2.48. The molecule has 27 heavy (non-hydrogen) atoms. The molecular formula is C20H31N3O3S. The Morgan fingerprint density at radius 2 is 1.74 bits per heavy atom. The maximum Gasteiger partial charge on any atom is 0.245 e. The Morgan fingerprint density at radius 1 is 1.11 bits per heavy atom. The molecule has 0 saturated carbocycles. The topological polar surface area (TPSA) is 78.5 Å². The minimum absolute atomic E-state index is 0.311. The van der Waals surface area contributed by atoms with Crippen LogP contribution in [-0.2, 0) is 21.1 Å². The average molecular weight is 394 g/mol. The zero-order chi connectivity index (χ0) is 19.3. The first kappa shape index (κ1) is 20.3. The number of piperidine rings is 2. The summed E-state index contributed by atoms with van der Waals surface area (Å²) in [6, 6.07) is 7.80. The number of hydrogen-bond acceptors (Lipinski definition) is 5. The van der Waals surface area contributed by atoms with Gasteiger partial charge in [0.15, 0.2) is 14.6 Å². The number of likely N-dealkylation sites (tertiary alicyclic amines) is 1. The van der Waals surface area contributed by atoms with Gasteiger partial charge in [-0.3, -0.25) is 4.79 Å². The molecule has 2 N–H and O–H groups in total. The molecule has 0 unspecified atom stereocenters. The molecule has 7 heteroatoms. The van der Waals surface area contributed by atoms with Crippen molar-refractivity contribution < 1.29 is 13.2 Å². The number of rotatable bonds is 6. The average Bonchev–Trinajstić information content (AvgIpc) is 2.68. The summed E-state index contributed by atoms with van der Waals surface area (Å²) < 4.78 is 23.3. The van der Waals surface area contributed by atoms with Crippen molar-refractivity contribution in [3.8, 4) is 0 Å². The summed E-state index contributed by atoms with van der Waals surface area (Å²) in [6.45, 7) is 4.52. The maximum atomic E-state index is 12.8. The van der Waals surface area contributed by atoms with Crippen LogP contribution >= 0.6 is 0 Å². The highest BCUT2D eigenvalue weighted by molar-refractivity contribution is 7.92. The fourth-order valence-electron chi connectivity index (χ4n) is 4.07. The SMILES string of the molecule is CS(=O)(=O)C1(C(=O)Nc2ccc(CCN3CCCCC3)cc2)CCNCC1. The number of anilines is 1. The van der Waals surface area contributed by atoms with Crippen LogP contribution in [0.15, 0.2) is 24.3 Å². The van der Waals surface area contributed by atoms with Crippen LogP contribution in [-0.4, -0.2) is 63.0 Å². The zero-order valence-electron chi connectivity index (χ0n) is 16.2. The number of carbonyl (C=O) groups is 1. The van der Waals surface area contributed by atoms with Crippen molar-refractivity contribution in [2.75, 3.05) is 44.3 Å². The van der Waals surface area contributed by atoms with E-state index >= 15 is 0 Å². The van der Waals surface area contributed by atoms with Crippen molar-refractivity contribution in [2.24, 2.45) is 0 Å². The Labute approximate surface area is 162 Å². The molecule has 2 aliphatic rings. The quantitative estimate of drug-likeness (QED) is 0.771. The molecule has 1 amide bonds. The molecule has 2 saturated heterocycles. The van der Waals surface area contributed by atoms with E-state index in [-0.39, 0.29) is 0 Å². The minimum Gasteiger partial charge on any atom is -0.325 e. The Kier molecular flexibility index (Phi) is 6.55. The number of benzene rings is 1. The van der Waals surface area contributed by atoms with Crippen molar-refractivity contribution in [3.63, 3.8) is 0 Å². The Balaban J connectivity index is 1.60. The highest BCUT2D eigenvalue weighted by Crippen LogP contribution is 2.29. The lowest BCUT2D eigenvalue weighted by molar-refractivity contribution is -0.119. The molecule has 2 aliphatic heterocycles. The third-order valence-corrected chi connectivity index (χ3v) is 7.93. The van der Waals surface area contributed by atoms with Gasteiger partial charge in [-0.15, -0.1) is 0 Å². The number of amides is 1. The molecule has 2 heterocycles. The van der Waals surface area contributed by atoms with Gasteiger partial charge in [0.1, 0.15) is 0 Å². The second-order valence-corrected chi connectivity index (χ2v) is 10.1. The van der Waals surface area contributed by atoms with Gasteiger partial charge in [0.25, 0.3) is 0 Å². The van der Waals surface area contributed by atoms with E-state index < -0.39 is 20.5 Å². The van der Waals surface area contributed by atoms with Crippen molar-refractivity contribution in [3.05, 3.63) is 29.8 Å². The zero-order valence-corrected chi connectivity index (χ0v) is 17.0. The molecule has 0 spiro atoms.